The number of aryl methyl sites for hydroxylation is 1. The van der Waals surface area contributed by atoms with Crippen molar-refractivity contribution in [1.29, 1.82) is 0 Å². The summed E-state index contributed by atoms with van der Waals surface area (Å²) in [5.41, 5.74) is -2.34. The average Bonchev–Trinajstić information content (AvgIpc) is 3.25. The highest BCUT2D eigenvalue weighted by Crippen LogP contribution is 2.41. The first-order chi connectivity index (χ1) is 14.9. The number of hydrogen-bond acceptors (Lipinski definition) is 2. The summed E-state index contributed by atoms with van der Waals surface area (Å²) in [6.45, 7) is 8.81. The third-order valence-corrected chi connectivity index (χ3v) is 5.96. The number of nitrogens with zero attached hydrogens (tertiary/aromatic N) is 1. The Kier molecular flexibility index (Phi) is 6.93. The fourth-order valence-corrected chi connectivity index (χ4v) is 4.34. The van der Waals surface area contributed by atoms with Crippen LogP contribution in [0.1, 0.15) is 53.6 Å². The van der Waals surface area contributed by atoms with Gasteiger partial charge >= 0.3 is 12.4 Å². The Morgan fingerprint density at radius 1 is 0.969 bits per heavy atom. The lowest BCUT2D eigenvalue weighted by atomic mass is 9.93. The third kappa shape index (κ3) is 5.28. The van der Waals surface area contributed by atoms with Gasteiger partial charge in [-0.15, -0.1) is 0 Å². The van der Waals surface area contributed by atoms with Gasteiger partial charge in [0.2, 0.25) is 0 Å². The van der Waals surface area contributed by atoms with Crippen molar-refractivity contribution in [3.05, 3.63) is 76.9 Å². The molecule has 1 aliphatic rings. The van der Waals surface area contributed by atoms with Gasteiger partial charge in [0.1, 0.15) is 0 Å². The molecule has 2 aromatic rings. The van der Waals surface area contributed by atoms with Gasteiger partial charge in [-0.05, 0) is 63.0 Å². The Morgan fingerprint density at radius 3 is 2.09 bits per heavy atom. The molecule has 1 heterocycles. The molecule has 32 heavy (non-hydrogen) atoms. The summed E-state index contributed by atoms with van der Waals surface area (Å²) in [6, 6.07) is 9.74. The van der Waals surface area contributed by atoms with Crippen molar-refractivity contribution in [1.82, 2.24) is 10.2 Å². The van der Waals surface area contributed by atoms with Crippen molar-refractivity contribution in [2.45, 2.75) is 51.1 Å². The maximum Gasteiger partial charge on any atom is 0.417 e. The summed E-state index contributed by atoms with van der Waals surface area (Å²) in [5, 5.41) is 3.12. The molecule has 3 rings (SSSR count). The van der Waals surface area contributed by atoms with Crippen LogP contribution < -0.4 is 5.32 Å². The molecule has 0 aliphatic carbocycles. The highest BCUT2D eigenvalue weighted by atomic mass is 19.4. The molecule has 1 saturated heterocycles. The Morgan fingerprint density at radius 2 is 1.56 bits per heavy atom. The Hall–Kier alpha value is -2.48. The van der Waals surface area contributed by atoms with Crippen molar-refractivity contribution in [2.24, 2.45) is 0 Å². The normalized spacial score (nSPS) is 17.2. The largest absolute Gasteiger partial charge is 0.417 e. The zero-order valence-corrected chi connectivity index (χ0v) is 17.9. The molecular formula is C24H26F6N2. The molecule has 0 saturated carbocycles. The van der Waals surface area contributed by atoms with E-state index in [1.54, 1.807) is 0 Å². The van der Waals surface area contributed by atoms with Crippen LogP contribution in [-0.4, -0.2) is 24.0 Å². The Bertz CT molecular complexity index is 943. The van der Waals surface area contributed by atoms with E-state index in [1.165, 1.54) is 6.92 Å². The molecule has 0 radical (unpaired) electrons. The molecule has 0 spiro atoms. The van der Waals surface area contributed by atoms with Crippen molar-refractivity contribution in [2.75, 3.05) is 13.1 Å². The molecule has 1 aliphatic heterocycles. The maximum atomic E-state index is 13.8. The van der Waals surface area contributed by atoms with E-state index >= 15 is 0 Å². The van der Waals surface area contributed by atoms with Crippen LogP contribution in [0, 0.1) is 6.92 Å². The van der Waals surface area contributed by atoms with E-state index in [0.717, 1.165) is 37.6 Å². The Balaban J connectivity index is 2.02. The molecule has 2 aromatic carbocycles. The van der Waals surface area contributed by atoms with Gasteiger partial charge < -0.3 is 5.32 Å². The minimum atomic E-state index is -4.96. The fourth-order valence-electron chi connectivity index (χ4n) is 4.34. The van der Waals surface area contributed by atoms with Gasteiger partial charge in [0.25, 0.3) is 0 Å². The molecule has 1 N–H and O–H groups in total. The molecule has 0 amide bonds. The smallest absolute Gasteiger partial charge is 0.377 e. The Labute approximate surface area is 183 Å². The van der Waals surface area contributed by atoms with Crippen molar-refractivity contribution >= 4 is 5.70 Å². The topological polar surface area (TPSA) is 15.3 Å². The van der Waals surface area contributed by atoms with E-state index in [0.29, 0.717) is 0 Å². The monoisotopic (exact) mass is 456 g/mol. The lowest BCUT2D eigenvalue weighted by Gasteiger charge is -2.34. The summed E-state index contributed by atoms with van der Waals surface area (Å²) in [6.07, 6.45) is -7.75. The van der Waals surface area contributed by atoms with Crippen LogP contribution in [0.3, 0.4) is 0 Å². The van der Waals surface area contributed by atoms with Gasteiger partial charge in [0.15, 0.2) is 0 Å². The van der Waals surface area contributed by atoms with Crippen LogP contribution in [0.4, 0.5) is 26.3 Å². The SMILES string of the molecule is C=C(NC(c1ccccc1)C(C)N1CCCC1)c1c(C)cc(C(F)(F)F)cc1C(F)(F)F. The first-order valence-corrected chi connectivity index (χ1v) is 10.4. The van der Waals surface area contributed by atoms with E-state index in [-0.39, 0.29) is 35.0 Å². The first kappa shape index (κ1) is 24.2. The number of rotatable bonds is 6. The lowest BCUT2D eigenvalue weighted by molar-refractivity contribution is -0.143. The molecule has 0 bridgehead atoms. The van der Waals surface area contributed by atoms with Crippen LogP contribution in [0.15, 0.2) is 49.0 Å². The van der Waals surface area contributed by atoms with Gasteiger partial charge in [-0.1, -0.05) is 36.9 Å². The quantitative estimate of drug-likeness (QED) is 0.480. The standard InChI is InChI=1S/C24H26F6N2/c1-15-13-19(23(25,26)27)14-20(24(28,29)30)21(15)16(2)31-22(18-9-5-4-6-10-18)17(3)32-11-7-8-12-32/h4-6,9-10,13-14,17,22,31H,2,7-8,11-12H2,1,3H3. The summed E-state index contributed by atoms with van der Waals surface area (Å²) < 4.78 is 80.8. The van der Waals surface area contributed by atoms with E-state index < -0.39 is 23.5 Å². The average molecular weight is 456 g/mol. The van der Waals surface area contributed by atoms with Gasteiger partial charge in [0, 0.05) is 17.3 Å². The summed E-state index contributed by atoms with van der Waals surface area (Å²) >= 11 is 0. The number of benzene rings is 2. The molecule has 0 aromatic heterocycles. The molecule has 2 atom stereocenters. The zero-order chi connectivity index (χ0) is 23.7. The molecule has 2 nitrogen and oxygen atoms in total. The van der Waals surface area contributed by atoms with E-state index in [9.17, 15) is 26.3 Å². The van der Waals surface area contributed by atoms with Crippen LogP contribution >= 0.6 is 0 Å². The minimum Gasteiger partial charge on any atom is -0.377 e. The van der Waals surface area contributed by atoms with Gasteiger partial charge in [-0.2, -0.15) is 26.3 Å². The highest BCUT2D eigenvalue weighted by molar-refractivity contribution is 5.69. The predicted octanol–water partition coefficient (Wildman–Crippen LogP) is 6.82. The summed E-state index contributed by atoms with van der Waals surface area (Å²) in [4.78, 5) is 2.25. The van der Waals surface area contributed by atoms with Crippen molar-refractivity contribution in [3.63, 3.8) is 0 Å². The van der Waals surface area contributed by atoms with Crippen LogP contribution in [-0.2, 0) is 12.4 Å². The molecule has 1 fully saturated rings. The van der Waals surface area contributed by atoms with Crippen LogP contribution in [0.25, 0.3) is 5.70 Å². The van der Waals surface area contributed by atoms with E-state index in [2.05, 4.69) is 16.8 Å². The van der Waals surface area contributed by atoms with Crippen molar-refractivity contribution in [3.8, 4) is 0 Å². The number of halogens is 6. The predicted molar refractivity (Wildman–Crippen MR) is 113 cm³/mol. The number of likely N-dealkylation sites (tertiary alicyclic amines) is 1. The number of hydrogen-bond donors (Lipinski definition) is 1. The fraction of sp³-hybridized carbons (Fsp3) is 0.417. The van der Waals surface area contributed by atoms with Gasteiger partial charge in [-0.3, -0.25) is 4.90 Å². The number of nitrogens with one attached hydrogen (secondary N) is 1. The zero-order valence-electron chi connectivity index (χ0n) is 17.9. The molecular weight excluding hydrogens is 430 g/mol. The van der Waals surface area contributed by atoms with Crippen LogP contribution in [0.2, 0.25) is 0 Å². The van der Waals surface area contributed by atoms with Gasteiger partial charge in [0.05, 0.1) is 17.2 Å². The second kappa shape index (κ2) is 9.17. The number of alkyl halides is 6. The summed E-state index contributed by atoms with van der Waals surface area (Å²) in [7, 11) is 0. The minimum absolute atomic E-state index is 0.0524. The molecule has 2 unspecified atom stereocenters. The van der Waals surface area contributed by atoms with Crippen molar-refractivity contribution < 1.29 is 26.3 Å². The second-order valence-electron chi connectivity index (χ2n) is 8.21. The second-order valence-corrected chi connectivity index (χ2v) is 8.21. The van der Waals surface area contributed by atoms with E-state index in [1.807, 2.05) is 37.3 Å². The summed E-state index contributed by atoms with van der Waals surface area (Å²) in [5.74, 6) is 0. The first-order valence-electron chi connectivity index (χ1n) is 10.4. The van der Waals surface area contributed by atoms with Crippen LogP contribution in [0.5, 0.6) is 0 Å². The lowest BCUT2D eigenvalue weighted by Crippen LogP contribution is -2.41. The molecule has 174 valence electrons. The third-order valence-electron chi connectivity index (χ3n) is 5.96. The maximum absolute atomic E-state index is 13.8. The molecule has 8 heteroatoms. The van der Waals surface area contributed by atoms with Gasteiger partial charge in [-0.25, -0.2) is 0 Å². The highest BCUT2D eigenvalue weighted by Gasteiger charge is 2.40. The van der Waals surface area contributed by atoms with E-state index in [4.69, 9.17) is 0 Å².